The monoisotopic (exact) mass is 310 g/mol. The summed E-state index contributed by atoms with van der Waals surface area (Å²) in [5.74, 6) is 1.74. The highest BCUT2D eigenvalue weighted by atomic mass is 32.2. The number of fused-ring (bicyclic) bond motifs is 2. The first kappa shape index (κ1) is 14.5. The maximum absolute atomic E-state index is 12.3. The van der Waals surface area contributed by atoms with Gasteiger partial charge in [0.15, 0.2) is 4.90 Å². The van der Waals surface area contributed by atoms with Crippen molar-refractivity contribution in [2.75, 3.05) is 6.54 Å². The predicted molar refractivity (Wildman–Crippen MR) is 77.2 cm³/mol. The van der Waals surface area contributed by atoms with Crippen LogP contribution in [0.2, 0.25) is 0 Å². The molecule has 1 aromatic rings. The Labute approximate surface area is 123 Å². The molecule has 1 N–H and O–H groups in total. The van der Waals surface area contributed by atoms with Gasteiger partial charge in [-0.25, -0.2) is 13.1 Å². The Morgan fingerprint density at radius 2 is 2.00 bits per heavy atom. The van der Waals surface area contributed by atoms with Gasteiger partial charge < -0.3 is 0 Å². The van der Waals surface area contributed by atoms with Crippen LogP contribution in [-0.2, 0) is 10.0 Å². The molecule has 3 atom stereocenters. The fourth-order valence-electron chi connectivity index (χ4n) is 3.76. The van der Waals surface area contributed by atoms with Crippen molar-refractivity contribution in [3.05, 3.63) is 34.4 Å². The van der Waals surface area contributed by atoms with E-state index in [-0.39, 0.29) is 10.6 Å². The van der Waals surface area contributed by atoms with E-state index in [1.54, 1.807) is 0 Å². The maximum atomic E-state index is 12.3. The second kappa shape index (κ2) is 5.38. The molecular formula is C14H18N2O4S. The summed E-state index contributed by atoms with van der Waals surface area (Å²) in [7, 11) is -3.83. The molecule has 2 aliphatic rings. The van der Waals surface area contributed by atoms with Gasteiger partial charge in [-0.3, -0.25) is 10.1 Å². The number of para-hydroxylation sites is 1. The molecule has 2 fully saturated rings. The predicted octanol–water partition coefficient (Wildman–Crippen LogP) is 2.31. The zero-order chi connectivity index (χ0) is 15.0. The smallest absolute Gasteiger partial charge is 0.258 e. The topological polar surface area (TPSA) is 89.3 Å². The molecule has 21 heavy (non-hydrogen) atoms. The second-order valence-corrected chi connectivity index (χ2v) is 7.75. The largest absolute Gasteiger partial charge is 0.289 e. The van der Waals surface area contributed by atoms with Gasteiger partial charge in [0.25, 0.3) is 5.69 Å². The van der Waals surface area contributed by atoms with Gasteiger partial charge in [-0.05, 0) is 43.1 Å². The molecule has 2 aliphatic carbocycles. The summed E-state index contributed by atoms with van der Waals surface area (Å²) < 4.78 is 27.2. The average molecular weight is 310 g/mol. The highest BCUT2D eigenvalue weighted by molar-refractivity contribution is 7.89. The third-order valence-corrected chi connectivity index (χ3v) is 6.24. The summed E-state index contributed by atoms with van der Waals surface area (Å²) in [6.45, 7) is 0.384. The minimum absolute atomic E-state index is 0.252. The van der Waals surface area contributed by atoms with Crippen molar-refractivity contribution in [1.29, 1.82) is 0 Å². The molecule has 6 nitrogen and oxygen atoms in total. The molecule has 0 aliphatic heterocycles. The molecule has 0 spiro atoms. The van der Waals surface area contributed by atoms with Crippen molar-refractivity contribution in [3.8, 4) is 0 Å². The van der Waals surface area contributed by atoms with Crippen LogP contribution in [0.5, 0.6) is 0 Å². The molecule has 1 aromatic carbocycles. The first-order chi connectivity index (χ1) is 9.97. The van der Waals surface area contributed by atoms with Crippen molar-refractivity contribution in [3.63, 3.8) is 0 Å². The first-order valence-corrected chi connectivity index (χ1v) is 8.69. The van der Waals surface area contributed by atoms with Crippen molar-refractivity contribution >= 4 is 15.7 Å². The van der Waals surface area contributed by atoms with E-state index in [1.165, 1.54) is 43.5 Å². The van der Waals surface area contributed by atoms with Crippen LogP contribution in [0.1, 0.15) is 25.7 Å². The Kier molecular flexibility index (Phi) is 3.71. The summed E-state index contributed by atoms with van der Waals surface area (Å²) in [5, 5.41) is 10.9. The lowest BCUT2D eigenvalue weighted by atomic mass is 9.89. The highest BCUT2D eigenvalue weighted by Crippen LogP contribution is 2.48. The van der Waals surface area contributed by atoms with Crippen molar-refractivity contribution in [2.45, 2.75) is 30.6 Å². The van der Waals surface area contributed by atoms with Crippen LogP contribution in [0.3, 0.4) is 0 Å². The standard InChI is InChI=1S/C14H18N2O4S/c17-16(18)13-3-1-2-4-14(13)21(19,20)15-9-12-8-10-5-6-11(12)7-10/h1-4,10-12,15H,5-9H2/t10-,11+,12-/m0/s1. The van der Waals surface area contributed by atoms with Crippen LogP contribution < -0.4 is 4.72 Å². The minimum Gasteiger partial charge on any atom is -0.258 e. The molecule has 0 aromatic heterocycles. The molecule has 3 rings (SSSR count). The lowest BCUT2D eigenvalue weighted by Gasteiger charge is -2.21. The van der Waals surface area contributed by atoms with Gasteiger partial charge in [-0.1, -0.05) is 18.6 Å². The van der Waals surface area contributed by atoms with E-state index in [4.69, 9.17) is 0 Å². The molecule has 0 radical (unpaired) electrons. The molecule has 2 bridgehead atoms. The number of nitro benzene ring substituents is 1. The molecule has 0 amide bonds. The van der Waals surface area contributed by atoms with Crippen molar-refractivity contribution in [1.82, 2.24) is 4.72 Å². The molecule has 0 unspecified atom stereocenters. The third-order valence-electron chi connectivity index (χ3n) is 4.77. The van der Waals surface area contributed by atoms with E-state index >= 15 is 0 Å². The van der Waals surface area contributed by atoms with Gasteiger partial charge in [-0.15, -0.1) is 0 Å². The summed E-state index contributed by atoms with van der Waals surface area (Å²) in [4.78, 5) is 10.0. The number of benzene rings is 1. The van der Waals surface area contributed by atoms with E-state index in [1.807, 2.05) is 0 Å². The van der Waals surface area contributed by atoms with Gasteiger partial charge >= 0.3 is 0 Å². The maximum Gasteiger partial charge on any atom is 0.289 e. The first-order valence-electron chi connectivity index (χ1n) is 7.20. The Morgan fingerprint density at radius 1 is 1.24 bits per heavy atom. The van der Waals surface area contributed by atoms with Gasteiger partial charge in [0.05, 0.1) is 4.92 Å². The Hall–Kier alpha value is -1.47. The van der Waals surface area contributed by atoms with Crippen molar-refractivity contribution in [2.24, 2.45) is 17.8 Å². The lowest BCUT2D eigenvalue weighted by Crippen LogP contribution is -2.32. The van der Waals surface area contributed by atoms with E-state index in [2.05, 4.69) is 4.72 Å². The Bertz CT molecular complexity index is 659. The summed E-state index contributed by atoms with van der Waals surface area (Å²) in [6.07, 6.45) is 4.72. The van der Waals surface area contributed by atoms with Crippen LogP contribution >= 0.6 is 0 Å². The quantitative estimate of drug-likeness (QED) is 0.667. The van der Waals surface area contributed by atoms with E-state index in [0.717, 1.165) is 12.3 Å². The van der Waals surface area contributed by atoms with E-state index in [9.17, 15) is 18.5 Å². The molecule has 0 heterocycles. The van der Waals surface area contributed by atoms with Crippen LogP contribution in [0.4, 0.5) is 5.69 Å². The zero-order valence-electron chi connectivity index (χ0n) is 11.6. The summed E-state index contributed by atoms with van der Waals surface area (Å²) >= 11 is 0. The molecule has 114 valence electrons. The van der Waals surface area contributed by atoms with Crippen LogP contribution in [0.15, 0.2) is 29.2 Å². The minimum atomic E-state index is -3.83. The number of nitro groups is 1. The number of hydrogen-bond donors (Lipinski definition) is 1. The third kappa shape index (κ3) is 2.80. The van der Waals surface area contributed by atoms with Gasteiger partial charge in [0.1, 0.15) is 0 Å². The summed E-state index contributed by atoms with van der Waals surface area (Å²) in [5.41, 5.74) is -0.377. The SMILES string of the molecule is O=[N+]([O-])c1ccccc1S(=O)(=O)NC[C@@H]1C[C@H]2CC[C@@H]1C2. The average Bonchev–Trinajstić information content (AvgIpc) is 3.08. The highest BCUT2D eigenvalue weighted by Gasteiger charge is 2.39. The van der Waals surface area contributed by atoms with Gasteiger partial charge in [0.2, 0.25) is 10.0 Å². The number of nitrogens with one attached hydrogen (secondary N) is 1. The van der Waals surface area contributed by atoms with Crippen LogP contribution in [0, 0.1) is 27.9 Å². The number of sulfonamides is 1. The normalized spacial score (nSPS) is 27.9. The van der Waals surface area contributed by atoms with Crippen molar-refractivity contribution < 1.29 is 13.3 Å². The van der Waals surface area contributed by atoms with Gasteiger partial charge in [-0.2, -0.15) is 0 Å². The second-order valence-electron chi connectivity index (χ2n) is 6.01. The fourth-order valence-corrected chi connectivity index (χ4v) is 5.02. The number of rotatable bonds is 5. The van der Waals surface area contributed by atoms with E-state index in [0.29, 0.717) is 18.4 Å². The van der Waals surface area contributed by atoms with E-state index < -0.39 is 14.9 Å². The fraction of sp³-hybridized carbons (Fsp3) is 0.571. The zero-order valence-corrected chi connectivity index (χ0v) is 12.4. The number of nitrogens with zero attached hydrogens (tertiary/aromatic N) is 1. The molecule has 7 heteroatoms. The Balaban J connectivity index is 1.74. The molecule has 2 saturated carbocycles. The Morgan fingerprint density at radius 3 is 2.62 bits per heavy atom. The number of hydrogen-bond acceptors (Lipinski definition) is 4. The molecular weight excluding hydrogens is 292 g/mol. The lowest BCUT2D eigenvalue weighted by molar-refractivity contribution is -0.387. The van der Waals surface area contributed by atoms with Crippen LogP contribution in [-0.4, -0.2) is 19.9 Å². The van der Waals surface area contributed by atoms with Gasteiger partial charge in [0, 0.05) is 12.6 Å². The molecule has 0 saturated heterocycles. The van der Waals surface area contributed by atoms with Crippen LogP contribution in [0.25, 0.3) is 0 Å². The summed E-state index contributed by atoms with van der Waals surface area (Å²) in [6, 6.07) is 5.46.